The summed E-state index contributed by atoms with van der Waals surface area (Å²) in [5, 5.41) is 0. The van der Waals surface area contributed by atoms with Gasteiger partial charge in [-0.25, -0.2) is 0 Å². The molecule has 0 fully saturated rings. The summed E-state index contributed by atoms with van der Waals surface area (Å²) in [6, 6.07) is 8.42. The summed E-state index contributed by atoms with van der Waals surface area (Å²) >= 11 is 0. The minimum Gasteiger partial charge on any atom is -0.376 e. The molecule has 0 radical (unpaired) electrons. The lowest BCUT2D eigenvalue weighted by Gasteiger charge is -2.34. The van der Waals surface area contributed by atoms with E-state index in [0.717, 1.165) is 24.0 Å². The molecule has 0 aliphatic carbocycles. The third-order valence-electron chi connectivity index (χ3n) is 5.09. The van der Waals surface area contributed by atoms with E-state index in [1.54, 1.807) is 42.7 Å². The van der Waals surface area contributed by atoms with Crippen molar-refractivity contribution in [3.05, 3.63) is 35.4 Å². The van der Waals surface area contributed by atoms with Gasteiger partial charge in [0.15, 0.2) is 0 Å². The quantitative estimate of drug-likeness (QED) is 0.499. The van der Waals surface area contributed by atoms with Gasteiger partial charge in [0.2, 0.25) is 0 Å². The SMILES string of the molecule is CC[C@@H](c1cccc([C@H](CC)[Si](OC)(OC)OC)c1)[Si](OC)(OC)OC. The zero-order chi connectivity index (χ0) is 19.8. The van der Waals surface area contributed by atoms with E-state index < -0.39 is 17.6 Å². The second-order valence-corrected chi connectivity index (χ2v) is 12.3. The second-order valence-electron chi connectivity index (χ2n) is 6.02. The van der Waals surface area contributed by atoms with Crippen molar-refractivity contribution >= 4 is 17.6 Å². The fourth-order valence-corrected chi connectivity index (χ4v) is 8.61. The molecule has 6 nitrogen and oxygen atoms in total. The molecule has 1 rings (SSSR count). The summed E-state index contributed by atoms with van der Waals surface area (Å²) < 4.78 is 34.4. The lowest BCUT2D eigenvalue weighted by Crippen LogP contribution is -2.50. The Labute approximate surface area is 160 Å². The van der Waals surface area contributed by atoms with E-state index in [1.807, 2.05) is 0 Å². The van der Waals surface area contributed by atoms with Crippen LogP contribution in [0.15, 0.2) is 24.3 Å². The minimum atomic E-state index is -2.81. The van der Waals surface area contributed by atoms with Gasteiger partial charge in [0.1, 0.15) is 0 Å². The van der Waals surface area contributed by atoms with Crippen LogP contribution in [-0.4, -0.2) is 60.3 Å². The van der Waals surface area contributed by atoms with Gasteiger partial charge in [-0.15, -0.1) is 0 Å². The predicted octanol–water partition coefficient (Wildman–Crippen LogP) is 3.51. The summed E-state index contributed by atoms with van der Waals surface area (Å²) in [4.78, 5) is 0. The van der Waals surface area contributed by atoms with Gasteiger partial charge in [-0.3, -0.25) is 0 Å². The first-order valence-electron chi connectivity index (χ1n) is 8.88. The molecule has 0 spiro atoms. The zero-order valence-electron chi connectivity index (χ0n) is 17.3. The van der Waals surface area contributed by atoms with Crippen LogP contribution in [0.25, 0.3) is 0 Å². The Morgan fingerprint density at radius 1 is 0.654 bits per heavy atom. The fraction of sp³-hybridized carbons (Fsp3) is 0.667. The zero-order valence-corrected chi connectivity index (χ0v) is 19.3. The number of hydrogen-bond acceptors (Lipinski definition) is 6. The van der Waals surface area contributed by atoms with E-state index in [1.165, 1.54) is 0 Å². The van der Waals surface area contributed by atoms with Gasteiger partial charge < -0.3 is 26.6 Å². The second kappa shape index (κ2) is 10.7. The van der Waals surface area contributed by atoms with Gasteiger partial charge in [0.25, 0.3) is 0 Å². The first-order chi connectivity index (χ1) is 12.5. The summed E-state index contributed by atoms with van der Waals surface area (Å²) in [6.45, 7) is 4.23. The Morgan fingerprint density at radius 2 is 0.962 bits per heavy atom. The van der Waals surface area contributed by atoms with E-state index >= 15 is 0 Å². The van der Waals surface area contributed by atoms with Crippen LogP contribution in [0.5, 0.6) is 0 Å². The molecule has 2 atom stereocenters. The van der Waals surface area contributed by atoms with E-state index in [9.17, 15) is 0 Å². The van der Waals surface area contributed by atoms with Gasteiger partial charge >= 0.3 is 17.6 Å². The molecular formula is C18H34O6Si2. The Morgan fingerprint density at radius 3 is 1.19 bits per heavy atom. The first kappa shape index (κ1) is 23.5. The number of hydrogen-bond donors (Lipinski definition) is 0. The summed E-state index contributed by atoms with van der Waals surface area (Å²) in [6.07, 6.45) is 1.70. The van der Waals surface area contributed by atoms with Crippen LogP contribution in [0.1, 0.15) is 48.9 Å². The highest BCUT2D eigenvalue weighted by atomic mass is 28.4. The molecule has 0 bridgehead atoms. The molecule has 0 aliphatic rings. The van der Waals surface area contributed by atoms with Gasteiger partial charge in [-0.1, -0.05) is 38.1 Å². The van der Waals surface area contributed by atoms with Crippen molar-refractivity contribution in [2.24, 2.45) is 0 Å². The van der Waals surface area contributed by atoms with Crippen molar-refractivity contribution in [3.63, 3.8) is 0 Å². The molecule has 0 heterocycles. The largest absolute Gasteiger partial charge is 0.508 e. The van der Waals surface area contributed by atoms with Crippen LogP contribution in [0.2, 0.25) is 0 Å². The maximum absolute atomic E-state index is 5.73. The van der Waals surface area contributed by atoms with Crippen molar-refractivity contribution in [3.8, 4) is 0 Å². The molecule has 0 saturated carbocycles. The Balaban J connectivity index is 3.39. The smallest absolute Gasteiger partial charge is 0.376 e. The van der Waals surface area contributed by atoms with E-state index in [-0.39, 0.29) is 11.1 Å². The summed E-state index contributed by atoms with van der Waals surface area (Å²) in [5.41, 5.74) is 2.35. The third kappa shape index (κ3) is 4.45. The van der Waals surface area contributed by atoms with Crippen molar-refractivity contribution in [1.29, 1.82) is 0 Å². The van der Waals surface area contributed by atoms with Gasteiger partial charge in [0.05, 0.1) is 11.1 Å². The third-order valence-corrected chi connectivity index (χ3v) is 11.7. The normalized spacial score (nSPS) is 15.1. The molecule has 0 aliphatic heterocycles. The Kier molecular flexibility index (Phi) is 9.63. The lowest BCUT2D eigenvalue weighted by molar-refractivity contribution is 0.111. The maximum Gasteiger partial charge on any atom is 0.508 e. The Hall–Kier alpha value is -0.586. The van der Waals surface area contributed by atoms with Crippen LogP contribution in [0.4, 0.5) is 0 Å². The molecule has 0 saturated heterocycles. The maximum atomic E-state index is 5.73. The molecule has 0 unspecified atom stereocenters. The lowest BCUT2D eigenvalue weighted by atomic mass is 10.0. The topological polar surface area (TPSA) is 55.4 Å². The van der Waals surface area contributed by atoms with E-state index in [2.05, 4.69) is 38.1 Å². The van der Waals surface area contributed by atoms with Crippen LogP contribution < -0.4 is 0 Å². The monoisotopic (exact) mass is 402 g/mol. The van der Waals surface area contributed by atoms with Crippen LogP contribution in [-0.2, 0) is 26.6 Å². The first-order valence-corrected chi connectivity index (χ1v) is 12.5. The number of rotatable bonds is 12. The highest BCUT2D eigenvalue weighted by molar-refractivity contribution is 6.63. The summed E-state index contributed by atoms with van der Waals surface area (Å²) in [5.74, 6) is 0. The fourth-order valence-electron chi connectivity index (χ4n) is 3.73. The Bertz CT molecular complexity index is 474. The van der Waals surface area contributed by atoms with Crippen molar-refractivity contribution in [1.82, 2.24) is 0 Å². The van der Waals surface area contributed by atoms with E-state index in [4.69, 9.17) is 26.6 Å². The average Bonchev–Trinajstić information content (AvgIpc) is 2.70. The molecule has 1 aromatic carbocycles. The molecule has 8 heteroatoms. The molecule has 150 valence electrons. The molecule has 0 N–H and O–H groups in total. The molecule has 1 aromatic rings. The van der Waals surface area contributed by atoms with Gasteiger partial charge in [-0.05, 0) is 24.0 Å². The van der Waals surface area contributed by atoms with Gasteiger partial charge in [0, 0.05) is 42.7 Å². The number of benzene rings is 1. The van der Waals surface area contributed by atoms with Crippen LogP contribution >= 0.6 is 0 Å². The molecular weight excluding hydrogens is 368 g/mol. The van der Waals surface area contributed by atoms with Gasteiger partial charge in [-0.2, -0.15) is 0 Å². The molecule has 26 heavy (non-hydrogen) atoms. The van der Waals surface area contributed by atoms with Crippen molar-refractivity contribution in [2.45, 2.75) is 37.8 Å². The van der Waals surface area contributed by atoms with Crippen LogP contribution in [0, 0.1) is 0 Å². The van der Waals surface area contributed by atoms with Crippen LogP contribution in [0.3, 0.4) is 0 Å². The van der Waals surface area contributed by atoms with Crippen molar-refractivity contribution in [2.75, 3.05) is 42.7 Å². The highest BCUT2D eigenvalue weighted by Gasteiger charge is 2.49. The summed E-state index contributed by atoms with van der Waals surface area (Å²) in [7, 11) is 4.29. The predicted molar refractivity (Wildman–Crippen MR) is 106 cm³/mol. The van der Waals surface area contributed by atoms with Crippen molar-refractivity contribution < 1.29 is 26.6 Å². The van der Waals surface area contributed by atoms with E-state index in [0.29, 0.717) is 0 Å². The average molecular weight is 403 g/mol. The minimum absolute atomic E-state index is 0.0451. The standard InChI is InChI=1S/C18H34O6Si2/c1-9-17(25(19-3,20-4)21-5)15-12-11-13-16(14-15)18(10-2)26(22-6,23-7)24-8/h11-14,17-18H,9-10H2,1-8H3/t17-,18-/m0/s1. The molecule has 0 aromatic heterocycles. The highest BCUT2D eigenvalue weighted by Crippen LogP contribution is 2.36. The molecule has 0 amide bonds.